The number of carboxylic acid groups (broad SMARTS) is 1. The van der Waals surface area contributed by atoms with Crippen LogP contribution in [0.4, 0.5) is 0 Å². The van der Waals surface area contributed by atoms with Crippen molar-refractivity contribution in [1.82, 2.24) is 0 Å². The van der Waals surface area contributed by atoms with Gasteiger partial charge >= 0.3 is 5.97 Å². The highest BCUT2D eigenvalue weighted by molar-refractivity contribution is 6.42. The van der Waals surface area contributed by atoms with Crippen molar-refractivity contribution in [2.24, 2.45) is 0 Å². The Morgan fingerprint density at radius 2 is 1.88 bits per heavy atom. The number of benzene rings is 1. The summed E-state index contributed by atoms with van der Waals surface area (Å²) < 4.78 is 0. The van der Waals surface area contributed by atoms with E-state index in [1.807, 2.05) is 0 Å². The van der Waals surface area contributed by atoms with Crippen molar-refractivity contribution in [1.29, 1.82) is 0 Å². The summed E-state index contributed by atoms with van der Waals surface area (Å²) in [7, 11) is 0. The van der Waals surface area contributed by atoms with Crippen molar-refractivity contribution in [2.75, 3.05) is 0 Å². The van der Waals surface area contributed by atoms with Crippen LogP contribution in [0.1, 0.15) is 18.1 Å². The Morgan fingerprint density at radius 1 is 1.25 bits per heavy atom. The molecule has 1 aromatic rings. The number of aliphatic hydroxyl groups is 2. The van der Waals surface area contributed by atoms with Crippen molar-refractivity contribution in [3.63, 3.8) is 0 Å². The molecule has 0 fully saturated rings. The molecule has 0 aliphatic rings. The number of carboxylic acids is 1. The molecule has 2 unspecified atom stereocenters. The van der Waals surface area contributed by atoms with Gasteiger partial charge in [-0.15, -0.1) is 0 Å². The normalized spacial score (nSPS) is 14.5. The minimum atomic E-state index is -1.38. The predicted molar refractivity (Wildman–Crippen MR) is 59.7 cm³/mol. The summed E-state index contributed by atoms with van der Waals surface area (Å²) >= 11 is 11.4. The number of hydrogen-bond acceptors (Lipinski definition) is 3. The molecule has 3 N–H and O–H groups in total. The van der Waals surface area contributed by atoms with Gasteiger partial charge in [-0.05, 0) is 17.7 Å². The van der Waals surface area contributed by atoms with Crippen LogP contribution in [0.3, 0.4) is 0 Å². The van der Waals surface area contributed by atoms with Crippen molar-refractivity contribution in [2.45, 2.75) is 18.6 Å². The van der Waals surface area contributed by atoms with E-state index in [4.69, 9.17) is 28.3 Å². The standard InChI is InChI=1S/C10H10Cl2O4/c11-6-2-1-5(3-7(6)12)10(16)8(13)4-9(14)15/h1-3,8,10,13,16H,4H2,(H,14,15). The zero-order chi connectivity index (χ0) is 12.3. The maximum absolute atomic E-state index is 10.3. The topological polar surface area (TPSA) is 77.8 Å². The van der Waals surface area contributed by atoms with Crippen molar-refractivity contribution < 1.29 is 20.1 Å². The van der Waals surface area contributed by atoms with Gasteiger partial charge in [-0.1, -0.05) is 29.3 Å². The number of hydrogen-bond donors (Lipinski definition) is 3. The molecule has 6 heteroatoms. The Labute approximate surface area is 102 Å². The lowest BCUT2D eigenvalue weighted by Crippen LogP contribution is -2.21. The Balaban J connectivity index is 2.83. The van der Waals surface area contributed by atoms with E-state index in [-0.39, 0.29) is 5.02 Å². The van der Waals surface area contributed by atoms with Crippen LogP contribution in [0.15, 0.2) is 18.2 Å². The van der Waals surface area contributed by atoms with Gasteiger partial charge in [0.15, 0.2) is 0 Å². The molecule has 0 aliphatic heterocycles. The number of aliphatic carboxylic acids is 1. The first-order chi connectivity index (χ1) is 7.41. The van der Waals surface area contributed by atoms with E-state index in [9.17, 15) is 15.0 Å². The second-order valence-electron chi connectivity index (χ2n) is 3.28. The second kappa shape index (κ2) is 5.50. The Bertz CT molecular complexity index is 394. The lowest BCUT2D eigenvalue weighted by atomic mass is 10.0. The Morgan fingerprint density at radius 3 is 2.38 bits per heavy atom. The maximum Gasteiger partial charge on any atom is 0.306 e. The van der Waals surface area contributed by atoms with Crippen molar-refractivity contribution in [3.05, 3.63) is 33.8 Å². The van der Waals surface area contributed by atoms with Crippen LogP contribution in [0.2, 0.25) is 10.0 Å². The molecular formula is C10H10Cl2O4. The predicted octanol–water partition coefficient (Wildman–Crippen LogP) is 1.86. The smallest absolute Gasteiger partial charge is 0.306 e. The molecule has 0 saturated carbocycles. The first kappa shape index (κ1) is 13.3. The molecule has 88 valence electrons. The number of halogens is 2. The fourth-order valence-corrected chi connectivity index (χ4v) is 1.52. The minimum Gasteiger partial charge on any atom is -0.481 e. The summed E-state index contributed by atoms with van der Waals surface area (Å²) in [5, 5.41) is 28.1. The van der Waals surface area contributed by atoms with Gasteiger partial charge in [0.05, 0.1) is 22.6 Å². The Kier molecular flexibility index (Phi) is 4.56. The van der Waals surface area contributed by atoms with Gasteiger partial charge in [0.25, 0.3) is 0 Å². The molecule has 0 spiro atoms. The summed E-state index contributed by atoms with van der Waals surface area (Å²) in [4.78, 5) is 10.3. The van der Waals surface area contributed by atoms with E-state index in [1.165, 1.54) is 18.2 Å². The molecule has 0 heterocycles. The maximum atomic E-state index is 10.3. The number of carbonyl (C=O) groups is 1. The van der Waals surface area contributed by atoms with Gasteiger partial charge in [0.2, 0.25) is 0 Å². The monoisotopic (exact) mass is 264 g/mol. The molecule has 4 nitrogen and oxygen atoms in total. The first-order valence-electron chi connectivity index (χ1n) is 4.44. The van der Waals surface area contributed by atoms with E-state index >= 15 is 0 Å². The summed E-state index contributed by atoms with van der Waals surface area (Å²) in [5.74, 6) is -1.19. The van der Waals surface area contributed by atoms with Crippen LogP contribution in [0, 0.1) is 0 Å². The molecule has 0 saturated heterocycles. The van der Waals surface area contributed by atoms with Crippen LogP contribution >= 0.6 is 23.2 Å². The molecule has 0 aliphatic carbocycles. The zero-order valence-corrected chi connectivity index (χ0v) is 9.61. The van der Waals surface area contributed by atoms with E-state index in [0.717, 1.165) is 0 Å². The third kappa shape index (κ3) is 3.35. The minimum absolute atomic E-state index is 0.237. The highest BCUT2D eigenvalue weighted by Crippen LogP contribution is 2.27. The largest absolute Gasteiger partial charge is 0.481 e. The van der Waals surface area contributed by atoms with Crippen molar-refractivity contribution >= 4 is 29.2 Å². The van der Waals surface area contributed by atoms with Gasteiger partial charge in [-0.25, -0.2) is 0 Å². The third-order valence-electron chi connectivity index (χ3n) is 2.03. The molecule has 1 rings (SSSR count). The summed E-state index contributed by atoms with van der Waals surface area (Å²) in [6.07, 6.45) is -3.22. The van der Waals surface area contributed by atoms with Crippen LogP contribution in [-0.4, -0.2) is 27.4 Å². The van der Waals surface area contributed by atoms with Crippen LogP contribution in [0.5, 0.6) is 0 Å². The van der Waals surface area contributed by atoms with E-state index in [0.29, 0.717) is 10.6 Å². The number of aliphatic hydroxyl groups excluding tert-OH is 2. The number of rotatable bonds is 4. The summed E-state index contributed by atoms with van der Waals surface area (Å²) in [6, 6.07) is 4.33. The highest BCUT2D eigenvalue weighted by Gasteiger charge is 2.21. The fraction of sp³-hybridized carbons (Fsp3) is 0.300. The molecular weight excluding hydrogens is 255 g/mol. The molecule has 1 aromatic carbocycles. The van der Waals surface area contributed by atoms with Gasteiger partial charge < -0.3 is 15.3 Å². The van der Waals surface area contributed by atoms with Gasteiger partial charge in [0, 0.05) is 0 Å². The fourth-order valence-electron chi connectivity index (χ4n) is 1.21. The van der Waals surface area contributed by atoms with Crippen LogP contribution in [0.25, 0.3) is 0 Å². The zero-order valence-electron chi connectivity index (χ0n) is 8.10. The molecule has 2 atom stereocenters. The molecule has 0 radical (unpaired) electrons. The first-order valence-corrected chi connectivity index (χ1v) is 5.20. The molecule has 0 aromatic heterocycles. The van der Waals surface area contributed by atoms with E-state index < -0.39 is 24.6 Å². The van der Waals surface area contributed by atoms with Crippen LogP contribution in [-0.2, 0) is 4.79 Å². The highest BCUT2D eigenvalue weighted by atomic mass is 35.5. The van der Waals surface area contributed by atoms with Crippen molar-refractivity contribution in [3.8, 4) is 0 Å². The van der Waals surface area contributed by atoms with Gasteiger partial charge in [-0.2, -0.15) is 0 Å². The third-order valence-corrected chi connectivity index (χ3v) is 2.77. The summed E-state index contributed by atoms with van der Waals surface area (Å²) in [6.45, 7) is 0. The SMILES string of the molecule is O=C(O)CC(O)C(O)c1ccc(Cl)c(Cl)c1. The van der Waals surface area contributed by atoms with Gasteiger partial charge in [0.1, 0.15) is 6.10 Å². The van der Waals surface area contributed by atoms with E-state index in [1.54, 1.807) is 0 Å². The van der Waals surface area contributed by atoms with E-state index in [2.05, 4.69) is 0 Å². The quantitative estimate of drug-likeness (QED) is 0.776. The molecule has 0 bridgehead atoms. The molecule has 0 amide bonds. The Hall–Kier alpha value is -0.810. The van der Waals surface area contributed by atoms with Gasteiger partial charge in [-0.3, -0.25) is 4.79 Å². The molecule has 16 heavy (non-hydrogen) atoms. The lowest BCUT2D eigenvalue weighted by Gasteiger charge is -2.16. The second-order valence-corrected chi connectivity index (χ2v) is 4.10. The van der Waals surface area contributed by atoms with Crippen LogP contribution < -0.4 is 0 Å². The lowest BCUT2D eigenvalue weighted by molar-refractivity contribution is -0.141. The average Bonchev–Trinajstić information content (AvgIpc) is 2.20. The average molecular weight is 265 g/mol. The summed E-state index contributed by atoms with van der Waals surface area (Å²) in [5.41, 5.74) is 0.322.